The van der Waals surface area contributed by atoms with Crippen LogP contribution in [0.25, 0.3) is 23.1 Å². The molecule has 0 aliphatic heterocycles. The molecular weight excluding hydrogens is 232 g/mol. The molecule has 2 rings (SSSR count). The zero-order chi connectivity index (χ0) is 14.0. The number of hydrogen-bond acceptors (Lipinski definition) is 1. The van der Waals surface area contributed by atoms with Crippen molar-refractivity contribution < 1.29 is 4.42 Å². The van der Waals surface area contributed by atoms with Gasteiger partial charge in [0, 0.05) is 16.5 Å². The zero-order valence-corrected chi connectivity index (χ0v) is 12.3. The van der Waals surface area contributed by atoms with Gasteiger partial charge >= 0.3 is 0 Å². The molecule has 1 aromatic heterocycles. The molecule has 1 aromatic carbocycles. The maximum atomic E-state index is 6.11. The number of furan rings is 1. The molecular formula is C18H22O. The summed E-state index contributed by atoms with van der Waals surface area (Å²) in [5.41, 5.74) is 4.83. The van der Waals surface area contributed by atoms with Crippen molar-refractivity contribution in [3.05, 3.63) is 47.2 Å². The highest BCUT2D eigenvalue weighted by Gasteiger charge is 2.17. The highest BCUT2D eigenvalue weighted by atomic mass is 16.3. The molecule has 0 saturated heterocycles. The van der Waals surface area contributed by atoms with E-state index in [1.807, 2.05) is 25.2 Å². The number of rotatable bonds is 4. The van der Waals surface area contributed by atoms with Gasteiger partial charge in [0.05, 0.1) is 0 Å². The average molecular weight is 254 g/mol. The maximum absolute atomic E-state index is 6.11. The molecule has 0 saturated carbocycles. The highest BCUT2D eigenvalue weighted by molar-refractivity contribution is 5.93. The van der Waals surface area contributed by atoms with Gasteiger partial charge in [-0.15, -0.1) is 0 Å². The van der Waals surface area contributed by atoms with Gasteiger partial charge in [0.25, 0.3) is 0 Å². The minimum absolute atomic E-state index is 0.459. The number of benzene rings is 1. The van der Waals surface area contributed by atoms with Crippen LogP contribution in [0.5, 0.6) is 0 Å². The van der Waals surface area contributed by atoms with Gasteiger partial charge in [-0.2, -0.15) is 0 Å². The van der Waals surface area contributed by atoms with Crippen LogP contribution in [0.15, 0.2) is 29.2 Å². The molecule has 0 bridgehead atoms. The lowest BCUT2D eigenvalue weighted by molar-refractivity contribution is 0.594. The minimum Gasteiger partial charge on any atom is -0.456 e. The summed E-state index contributed by atoms with van der Waals surface area (Å²) in [6.45, 7) is 12.6. The van der Waals surface area contributed by atoms with Gasteiger partial charge in [0.2, 0.25) is 0 Å². The van der Waals surface area contributed by atoms with Gasteiger partial charge in [0.1, 0.15) is 11.3 Å². The molecule has 0 fully saturated rings. The normalized spacial score (nSPS) is 11.8. The number of aryl methyl sites for hydroxylation is 1. The summed E-state index contributed by atoms with van der Waals surface area (Å²) < 4.78 is 6.11. The second kappa shape index (κ2) is 5.48. The average Bonchev–Trinajstić information content (AvgIpc) is 2.74. The first kappa shape index (κ1) is 13.7. The fourth-order valence-electron chi connectivity index (χ4n) is 2.69. The summed E-state index contributed by atoms with van der Waals surface area (Å²) in [7, 11) is 0. The molecule has 19 heavy (non-hydrogen) atoms. The molecule has 1 nitrogen and oxygen atoms in total. The molecule has 0 N–H and O–H groups in total. The molecule has 0 amide bonds. The molecule has 0 atom stereocenters. The van der Waals surface area contributed by atoms with Crippen molar-refractivity contribution in [3.8, 4) is 0 Å². The van der Waals surface area contributed by atoms with Gasteiger partial charge in [-0.3, -0.25) is 0 Å². The van der Waals surface area contributed by atoms with Gasteiger partial charge in [0.15, 0.2) is 0 Å². The minimum atomic E-state index is 0.459. The van der Waals surface area contributed by atoms with Crippen molar-refractivity contribution in [2.24, 2.45) is 0 Å². The Morgan fingerprint density at radius 1 is 1.32 bits per heavy atom. The standard InChI is InChI=1S/C18H22O/c1-6-9-16-14(8-3)15-11-10-13(7-2)17(12(4)5)18(15)19-16/h6,8-12H,3,7H2,1-2,4-5H3/b9-6-. The van der Waals surface area contributed by atoms with E-state index in [-0.39, 0.29) is 0 Å². The summed E-state index contributed by atoms with van der Waals surface area (Å²) in [4.78, 5) is 0. The predicted molar refractivity (Wildman–Crippen MR) is 84.5 cm³/mol. The molecule has 1 heteroatoms. The van der Waals surface area contributed by atoms with Crippen LogP contribution in [0.4, 0.5) is 0 Å². The van der Waals surface area contributed by atoms with E-state index in [1.165, 1.54) is 16.5 Å². The smallest absolute Gasteiger partial charge is 0.139 e. The lowest BCUT2D eigenvalue weighted by Crippen LogP contribution is -1.95. The monoisotopic (exact) mass is 254 g/mol. The van der Waals surface area contributed by atoms with Crippen LogP contribution in [0, 0.1) is 0 Å². The van der Waals surface area contributed by atoms with Crippen molar-refractivity contribution in [2.45, 2.75) is 40.0 Å². The SMILES string of the molecule is C=Cc1c(/C=C\C)oc2c(C(C)C)c(CC)ccc12. The van der Waals surface area contributed by atoms with E-state index >= 15 is 0 Å². The van der Waals surface area contributed by atoms with E-state index in [1.54, 1.807) is 0 Å². The summed E-state index contributed by atoms with van der Waals surface area (Å²) in [5.74, 6) is 1.36. The highest BCUT2D eigenvalue weighted by Crippen LogP contribution is 2.35. The Kier molecular flexibility index (Phi) is 3.94. The van der Waals surface area contributed by atoms with Crippen LogP contribution >= 0.6 is 0 Å². The third kappa shape index (κ3) is 2.25. The Labute approximate surface area is 115 Å². The van der Waals surface area contributed by atoms with Crippen LogP contribution in [-0.2, 0) is 6.42 Å². The fourth-order valence-corrected chi connectivity index (χ4v) is 2.69. The lowest BCUT2D eigenvalue weighted by atomic mass is 9.93. The number of allylic oxidation sites excluding steroid dienone is 1. The van der Waals surface area contributed by atoms with E-state index in [0.29, 0.717) is 5.92 Å². The van der Waals surface area contributed by atoms with Crippen LogP contribution in [-0.4, -0.2) is 0 Å². The van der Waals surface area contributed by atoms with Gasteiger partial charge in [-0.25, -0.2) is 0 Å². The first-order valence-electron chi connectivity index (χ1n) is 6.97. The molecule has 0 aliphatic rings. The van der Waals surface area contributed by atoms with Crippen molar-refractivity contribution in [1.82, 2.24) is 0 Å². The second-order valence-electron chi connectivity index (χ2n) is 5.11. The van der Waals surface area contributed by atoms with E-state index in [0.717, 1.165) is 23.3 Å². The van der Waals surface area contributed by atoms with Crippen LogP contribution < -0.4 is 0 Å². The van der Waals surface area contributed by atoms with Crippen molar-refractivity contribution >= 4 is 23.1 Å². The molecule has 100 valence electrons. The summed E-state index contributed by atoms with van der Waals surface area (Å²) in [6.07, 6.45) is 6.93. The lowest BCUT2D eigenvalue weighted by Gasteiger charge is -2.11. The van der Waals surface area contributed by atoms with E-state index in [4.69, 9.17) is 4.42 Å². The first-order valence-corrected chi connectivity index (χ1v) is 6.97. The summed E-state index contributed by atoms with van der Waals surface area (Å²) in [5, 5.41) is 1.17. The largest absolute Gasteiger partial charge is 0.456 e. The Morgan fingerprint density at radius 2 is 2.05 bits per heavy atom. The molecule has 0 unspecified atom stereocenters. The van der Waals surface area contributed by atoms with Crippen LogP contribution in [0.1, 0.15) is 56.1 Å². The van der Waals surface area contributed by atoms with Crippen LogP contribution in [0.3, 0.4) is 0 Å². The number of fused-ring (bicyclic) bond motifs is 1. The van der Waals surface area contributed by atoms with E-state index < -0.39 is 0 Å². The van der Waals surface area contributed by atoms with Crippen molar-refractivity contribution in [3.63, 3.8) is 0 Å². The zero-order valence-electron chi connectivity index (χ0n) is 12.3. The molecule has 0 spiro atoms. The summed E-state index contributed by atoms with van der Waals surface area (Å²) in [6, 6.07) is 4.38. The quantitative estimate of drug-likeness (QED) is 0.672. The van der Waals surface area contributed by atoms with Gasteiger partial charge < -0.3 is 4.42 Å². The Bertz CT molecular complexity index is 627. The van der Waals surface area contributed by atoms with Crippen molar-refractivity contribution in [1.29, 1.82) is 0 Å². The predicted octanol–water partition coefficient (Wildman–Crippen LogP) is 5.79. The summed E-state index contributed by atoms with van der Waals surface area (Å²) >= 11 is 0. The second-order valence-corrected chi connectivity index (χ2v) is 5.11. The maximum Gasteiger partial charge on any atom is 0.139 e. The van der Waals surface area contributed by atoms with Gasteiger partial charge in [-0.05, 0) is 30.9 Å². The van der Waals surface area contributed by atoms with Crippen molar-refractivity contribution in [2.75, 3.05) is 0 Å². The topological polar surface area (TPSA) is 13.1 Å². The molecule has 2 aromatic rings. The first-order chi connectivity index (χ1) is 9.13. The Balaban J connectivity index is 2.86. The van der Waals surface area contributed by atoms with Crippen LogP contribution in [0.2, 0.25) is 0 Å². The molecule has 1 heterocycles. The third-order valence-corrected chi connectivity index (χ3v) is 3.53. The number of hydrogen-bond donors (Lipinski definition) is 0. The van der Waals surface area contributed by atoms with Gasteiger partial charge in [-0.1, -0.05) is 51.6 Å². The van der Waals surface area contributed by atoms with E-state index in [2.05, 4.69) is 39.5 Å². The molecule has 0 radical (unpaired) electrons. The van der Waals surface area contributed by atoms with E-state index in [9.17, 15) is 0 Å². The fraction of sp³-hybridized carbons (Fsp3) is 0.333. The Hall–Kier alpha value is -1.76. The Morgan fingerprint density at radius 3 is 2.58 bits per heavy atom. The third-order valence-electron chi connectivity index (χ3n) is 3.53. The molecule has 0 aliphatic carbocycles.